The highest BCUT2D eigenvalue weighted by atomic mass is 15.3. The molecule has 1 aromatic carbocycles. The molecule has 3 rings (SSSR count). The summed E-state index contributed by atoms with van der Waals surface area (Å²) in [5.74, 6) is 1.63. The smallest absolute Gasteiger partial charge is 0.194 e. The molecule has 1 N–H and O–H groups in total. The molecule has 1 aromatic heterocycles. The van der Waals surface area contributed by atoms with Crippen LogP contribution in [-0.2, 0) is 6.54 Å². The zero-order chi connectivity index (χ0) is 20.1. The molecule has 1 saturated heterocycles. The maximum atomic E-state index is 5.00. The van der Waals surface area contributed by atoms with Gasteiger partial charge in [0.15, 0.2) is 5.96 Å². The van der Waals surface area contributed by atoms with E-state index in [1.165, 1.54) is 16.8 Å². The van der Waals surface area contributed by atoms with Gasteiger partial charge in [-0.05, 0) is 43.4 Å². The summed E-state index contributed by atoms with van der Waals surface area (Å²) in [4.78, 5) is 13.8. The summed E-state index contributed by atoms with van der Waals surface area (Å²) < 4.78 is 2.24. The van der Waals surface area contributed by atoms with E-state index in [2.05, 4.69) is 83.9 Å². The summed E-state index contributed by atoms with van der Waals surface area (Å²) in [5, 5.41) is 3.50. The first-order valence-electron chi connectivity index (χ1n) is 10.3. The van der Waals surface area contributed by atoms with Gasteiger partial charge in [0.05, 0.1) is 18.9 Å². The Labute approximate surface area is 169 Å². The van der Waals surface area contributed by atoms with E-state index in [9.17, 15) is 0 Å². The molecule has 28 heavy (non-hydrogen) atoms. The van der Waals surface area contributed by atoms with Crippen molar-refractivity contribution in [3.63, 3.8) is 0 Å². The zero-order valence-electron chi connectivity index (χ0n) is 17.9. The summed E-state index contributed by atoms with van der Waals surface area (Å²) in [5.41, 5.74) is 3.77. The molecule has 0 spiro atoms. The molecule has 0 saturated carbocycles. The van der Waals surface area contributed by atoms with Gasteiger partial charge in [-0.25, -0.2) is 9.98 Å². The fraction of sp³-hybridized carbons (Fsp3) is 0.545. The molecule has 1 aliphatic rings. The molecular weight excluding hydrogens is 348 g/mol. The third-order valence-corrected chi connectivity index (χ3v) is 5.58. The lowest BCUT2D eigenvalue weighted by molar-refractivity contribution is 0.189. The fourth-order valence-electron chi connectivity index (χ4n) is 3.90. The van der Waals surface area contributed by atoms with Crippen LogP contribution in [0.15, 0.2) is 41.9 Å². The Morgan fingerprint density at radius 1 is 1.36 bits per heavy atom. The summed E-state index contributed by atoms with van der Waals surface area (Å²) in [6.45, 7) is 10.1. The number of nitrogens with zero attached hydrogens (tertiary/aromatic N) is 5. The van der Waals surface area contributed by atoms with Gasteiger partial charge in [0.25, 0.3) is 0 Å². The monoisotopic (exact) mass is 382 g/mol. The van der Waals surface area contributed by atoms with Crippen LogP contribution in [0, 0.1) is 12.8 Å². The maximum Gasteiger partial charge on any atom is 0.194 e. The van der Waals surface area contributed by atoms with Crippen LogP contribution in [0.1, 0.15) is 37.4 Å². The second-order valence-corrected chi connectivity index (χ2v) is 7.99. The normalized spacial score (nSPS) is 20.3. The summed E-state index contributed by atoms with van der Waals surface area (Å²) >= 11 is 0. The Morgan fingerprint density at radius 3 is 2.86 bits per heavy atom. The van der Waals surface area contributed by atoms with Crippen LogP contribution in [0.2, 0.25) is 0 Å². The quantitative estimate of drug-likeness (QED) is 0.637. The highest BCUT2D eigenvalue weighted by molar-refractivity contribution is 5.80. The van der Waals surface area contributed by atoms with Crippen LogP contribution in [-0.4, -0.2) is 54.1 Å². The third-order valence-electron chi connectivity index (χ3n) is 5.58. The molecule has 2 atom stereocenters. The number of likely N-dealkylation sites (tertiary alicyclic amines) is 1. The van der Waals surface area contributed by atoms with Crippen molar-refractivity contribution < 1.29 is 0 Å². The molecule has 0 bridgehead atoms. The average molecular weight is 383 g/mol. The lowest BCUT2D eigenvalue weighted by atomic mass is 9.93. The Bertz CT molecular complexity index is 780. The molecule has 0 amide bonds. The van der Waals surface area contributed by atoms with Crippen molar-refractivity contribution in [3.05, 3.63) is 48.0 Å². The van der Waals surface area contributed by atoms with Crippen LogP contribution >= 0.6 is 0 Å². The van der Waals surface area contributed by atoms with Gasteiger partial charge in [0.1, 0.15) is 0 Å². The Morgan fingerprint density at radius 2 is 2.18 bits per heavy atom. The van der Waals surface area contributed by atoms with E-state index in [4.69, 9.17) is 4.99 Å². The van der Waals surface area contributed by atoms with E-state index in [-0.39, 0.29) is 0 Å². The van der Waals surface area contributed by atoms with Gasteiger partial charge in [0, 0.05) is 51.8 Å². The van der Waals surface area contributed by atoms with Crippen molar-refractivity contribution in [2.24, 2.45) is 10.9 Å². The van der Waals surface area contributed by atoms with Crippen LogP contribution in [0.25, 0.3) is 0 Å². The molecule has 0 radical (unpaired) electrons. The van der Waals surface area contributed by atoms with Crippen molar-refractivity contribution in [1.82, 2.24) is 19.8 Å². The van der Waals surface area contributed by atoms with Gasteiger partial charge in [0.2, 0.25) is 0 Å². The SMILES string of the molecule is CCNC(=NCc1ccc(C)cc1N(C)C)N1CCC(C)C(n2ccnc2)C1. The first kappa shape index (κ1) is 20.2. The number of hydrogen-bond donors (Lipinski definition) is 1. The molecule has 1 aliphatic heterocycles. The van der Waals surface area contributed by atoms with Gasteiger partial charge in [-0.15, -0.1) is 0 Å². The molecule has 2 heterocycles. The minimum atomic E-state index is 0.428. The van der Waals surface area contributed by atoms with Gasteiger partial charge >= 0.3 is 0 Å². The van der Waals surface area contributed by atoms with Crippen molar-refractivity contribution in [2.75, 3.05) is 38.6 Å². The lowest BCUT2D eigenvalue weighted by Gasteiger charge is -2.39. The second-order valence-electron chi connectivity index (χ2n) is 7.99. The van der Waals surface area contributed by atoms with Crippen molar-refractivity contribution >= 4 is 11.6 Å². The van der Waals surface area contributed by atoms with E-state index in [0.29, 0.717) is 18.5 Å². The van der Waals surface area contributed by atoms with E-state index in [1.54, 1.807) is 0 Å². The maximum absolute atomic E-state index is 5.00. The van der Waals surface area contributed by atoms with Gasteiger partial charge < -0.3 is 19.7 Å². The topological polar surface area (TPSA) is 48.7 Å². The minimum Gasteiger partial charge on any atom is -0.377 e. The van der Waals surface area contributed by atoms with Crippen LogP contribution in [0.5, 0.6) is 0 Å². The van der Waals surface area contributed by atoms with Crippen LogP contribution in [0.4, 0.5) is 5.69 Å². The summed E-state index contributed by atoms with van der Waals surface area (Å²) in [6.07, 6.45) is 7.03. The molecule has 2 unspecified atom stereocenters. The lowest BCUT2D eigenvalue weighted by Crippen LogP contribution is -2.49. The summed E-state index contributed by atoms with van der Waals surface area (Å²) in [7, 11) is 4.18. The minimum absolute atomic E-state index is 0.428. The Balaban J connectivity index is 1.79. The highest BCUT2D eigenvalue weighted by Gasteiger charge is 2.28. The van der Waals surface area contributed by atoms with E-state index in [0.717, 1.165) is 32.0 Å². The molecule has 6 nitrogen and oxygen atoms in total. The van der Waals surface area contributed by atoms with E-state index >= 15 is 0 Å². The van der Waals surface area contributed by atoms with E-state index < -0.39 is 0 Å². The number of aromatic nitrogens is 2. The van der Waals surface area contributed by atoms with Gasteiger partial charge in [-0.2, -0.15) is 0 Å². The van der Waals surface area contributed by atoms with Crippen LogP contribution in [0.3, 0.4) is 0 Å². The number of rotatable bonds is 5. The summed E-state index contributed by atoms with van der Waals surface area (Å²) in [6, 6.07) is 7.03. The third kappa shape index (κ3) is 4.66. The molecule has 1 fully saturated rings. The van der Waals surface area contributed by atoms with Crippen molar-refractivity contribution in [2.45, 2.75) is 39.8 Å². The molecule has 0 aliphatic carbocycles. The predicted octanol–water partition coefficient (Wildman–Crippen LogP) is 3.31. The van der Waals surface area contributed by atoms with Gasteiger partial charge in [-0.3, -0.25) is 0 Å². The van der Waals surface area contributed by atoms with Crippen molar-refractivity contribution in [1.29, 1.82) is 0 Å². The van der Waals surface area contributed by atoms with E-state index in [1.807, 2.05) is 12.5 Å². The number of piperidine rings is 1. The molecular formula is C22H34N6. The molecule has 6 heteroatoms. The van der Waals surface area contributed by atoms with Crippen molar-refractivity contribution in [3.8, 4) is 0 Å². The number of hydrogen-bond acceptors (Lipinski definition) is 3. The number of anilines is 1. The molecule has 2 aromatic rings. The second kappa shape index (κ2) is 9.13. The number of benzene rings is 1. The number of nitrogens with one attached hydrogen (secondary N) is 1. The van der Waals surface area contributed by atoms with Crippen LogP contribution < -0.4 is 10.2 Å². The molecule has 152 valence electrons. The fourth-order valence-corrected chi connectivity index (χ4v) is 3.90. The standard InChI is InChI=1S/C22H34N6/c1-6-24-22(25-14-19-8-7-17(2)13-20(19)26(4)5)27-11-9-18(3)21(15-27)28-12-10-23-16-28/h7-8,10,12-13,16,18,21H,6,9,11,14-15H2,1-5H3,(H,24,25). The average Bonchev–Trinajstić information content (AvgIpc) is 3.21. The predicted molar refractivity (Wildman–Crippen MR) is 117 cm³/mol. The Hall–Kier alpha value is -2.50. The van der Waals surface area contributed by atoms with Gasteiger partial charge in [-0.1, -0.05) is 19.1 Å². The Kier molecular flexibility index (Phi) is 6.60. The first-order valence-corrected chi connectivity index (χ1v) is 10.3. The number of aliphatic imine (C=N–C) groups is 1. The highest BCUT2D eigenvalue weighted by Crippen LogP contribution is 2.28. The number of aryl methyl sites for hydroxylation is 1. The largest absolute Gasteiger partial charge is 0.377 e. The zero-order valence-corrected chi connectivity index (χ0v) is 17.9. The number of guanidine groups is 1. The number of imidazole rings is 1. The first-order chi connectivity index (χ1) is 13.5.